The highest BCUT2D eigenvalue weighted by molar-refractivity contribution is 5.97. The van der Waals surface area contributed by atoms with Gasteiger partial charge in [-0.05, 0) is 24.3 Å². The number of para-hydroxylation sites is 2. The van der Waals surface area contributed by atoms with Gasteiger partial charge in [0.05, 0.1) is 19.4 Å². The molecule has 2 N–H and O–H groups in total. The van der Waals surface area contributed by atoms with Crippen molar-refractivity contribution in [1.82, 2.24) is 15.2 Å². The van der Waals surface area contributed by atoms with Gasteiger partial charge in [0.1, 0.15) is 11.8 Å². The summed E-state index contributed by atoms with van der Waals surface area (Å²) < 4.78 is 5.41. The number of ether oxygens (including phenoxy) is 1. The Labute approximate surface area is 163 Å². The maximum absolute atomic E-state index is 12.8. The lowest BCUT2D eigenvalue weighted by atomic mass is 10.2. The fraction of sp³-hybridized carbons (Fsp3) is 0.350. The molecule has 1 unspecified atom stereocenters. The molecule has 28 heavy (non-hydrogen) atoms. The summed E-state index contributed by atoms with van der Waals surface area (Å²) in [5.41, 5.74) is 1.38. The smallest absolute Gasteiger partial charge is 0.252 e. The van der Waals surface area contributed by atoms with E-state index >= 15 is 0 Å². The molecule has 0 spiro atoms. The minimum Gasteiger partial charge on any atom is -0.495 e. The average Bonchev–Trinajstić information content (AvgIpc) is 2.77. The third-order valence-corrected chi connectivity index (χ3v) is 4.75. The number of aliphatic hydroxyl groups excluding tert-OH is 1. The van der Waals surface area contributed by atoms with E-state index in [0.29, 0.717) is 31.7 Å². The third kappa shape index (κ3) is 4.40. The number of anilines is 1. The monoisotopic (exact) mass is 384 g/mol. The van der Waals surface area contributed by atoms with E-state index in [2.05, 4.69) is 15.2 Å². The molecule has 1 aliphatic heterocycles. The Hall–Kier alpha value is -3.13. The molecule has 0 aliphatic carbocycles. The summed E-state index contributed by atoms with van der Waals surface area (Å²) >= 11 is 0. The zero-order valence-corrected chi connectivity index (χ0v) is 15.7. The molecule has 3 rings (SSSR count). The zero-order valence-electron chi connectivity index (χ0n) is 15.7. The molecule has 148 valence electrons. The number of aliphatic hydroxyl groups is 1. The van der Waals surface area contributed by atoms with Gasteiger partial charge in [-0.15, -0.1) is 0 Å². The molecule has 1 aliphatic rings. The fourth-order valence-electron chi connectivity index (χ4n) is 3.21. The summed E-state index contributed by atoms with van der Waals surface area (Å²) in [7, 11) is 1.63. The first-order chi connectivity index (χ1) is 13.6. The number of nitrogens with zero attached hydrogens (tertiary/aromatic N) is 3. The molecule has 8 nitrogen and oxygen atoms in total. The van der Waals surface area contributed by atoms with Crippen LogP contribution in [0.25, 0.3) is 0 Å². The number of rotatable bonds is 6. The summed E-state index contributed by atoms with van der Waals surface area (Å²) in [6.07, 6.45) is 3.00. The van der Waals surface area contributed by atoms with E-state index in [0.717, 1.165) is 11.4 Å². The Morgan fingerprint density at radius 3 is 2.46 bits per heavy atom. The van der Waals surface area contributed by atoms with E-state index in [1.165, 1.54) is 12.4 Å². The van der Waals surface area contributed by atoms with E-state index in [-0.39, 0.29) is 5.91 Å². The second-order valence-corrected chi connectivity index (χ2v) is 6.43. The van der Waals surface area contributed by atoms with Crippen LogP contribution < -0.4 is 15.0 Å². The van der Waals surface area contributed by atoms with Crippen LogP contribution in [0, 0.1) is 0 Å². The van der Waals surface area contributed by atoms with Gasteiger partial charge in [-0.25, -0.2) is 0 Å². The normalized spacial score (nSPS) is 15.1. The quantitative estimate of drug-likeness (QED) is 0.755. The zero-order chi connectivity index (χ0) is 19.9. The standard InChI is InChI=1S/C20H24N4O4/c1-28-18-5-3-2-4-17(18)23-10-12-24(13-11-23)20(27)16(14-25)22-19(26)15-6-8-21-9-7-15/h2-9,16,25H,10-14H2,1H3,(H,22,26). The van der Waals surface area contributed by atoms with E-state index in [1.807, 2.05) is 24.3 Å². The number of pyridine rings is 1. The number of nitrogens with one attached hydrogen (secondary N) is 1. The Balaban J connectivity index is 1.59. The van der Waals surface area contributed by atoms with E-state index in [4.69, 9.17) is 4.74 Å². The highest BCUT2D eigenvalue weighted by atomic mass is 16.5. The minimum absolute atomic E-state index is 0.287. The molecule has 1 aromatic carbocycles. The van der Waals surface area contributed by atoms with Crippen molar-refractivity contribution in [3.63, 3.8) is 0 Å². The van der Waals surface area contributed by atoms with Crippen LogP contribution in [-0.4, -0.2) is 72.7 Å². The SMILES string of the molecule is COc1ccccc1N1CCN(C(=O)C(CO)NC(=O)c2ccncc2)CC1. The first kappa shape index (κ1) is 19.6. The number of hydrogen-bond donors (Lipinski definition) is 2. The summed E-state index contributed by atoms with van der Waals surface area (Å²) in [4.78, 5) is 32.7. The fourth-order valence-corrected chi connectivity index (χ4v) is 3.21. The van der Waals surface area contributed by atoms with Crippen molar-refractivity contribution in [2.24, 2.45) is 0 Å². The Kier molecular flexibility index (Phi) is 6.44. The Morgan fingerprint density at radius 2 is 1.82 bits per heavy atom. The van der Waals surface area contributed by atoms with Gasteiger partial charge in [-0.2, -0.15) is 0 Å². The number of aromatic nitrogens is 1. The van der Waals surface area contributed by atoms with E-state index in [1.54, 1.807) is 24.1 Å². The van der Waals surface area contributed by atoms with Crippen molar-refractivity contribution >= 4 is 17.5 Å². The summed E-state index contributed by atoms with van der Waals surface area (Å²) in [5.74, 6) is 0.0900. The van der Waals surface area contributed by atoms with E-state index in [9.17, 15) is 14.7 Å². The topological polar surface area (TPSA) is 95.0 Å². The molecule has 1 saturated heterocycles. The highest BCUT2D eigenvalue weighted by Crippen LogP contribution is 2.28. The van der Waals surface area contributed by atoms with Crippen LogP contribution in [0.4, 0.5) is 5.69 Å². The lowest BCUT2D eigenvalue weighted by Gasteiger charge is -2.37. The molecule has 0 bridgehead atoms. The molecule has 1 fully saturated rings. The molecule has 0 saturated carbocycles. The molecular formula is C20H24N4O4. The molecule has 1 atom stereocenters. The predicted molar refractivity (Wildman–Crippen MR) is 104 cm³/mol. The molecule has 1 aromatic heterocycles. The molecule has 2 heterocycles. The van der Waals surface area contributed by atoms with Crippen LogP contribution in [0.15, 0.2) is 48.8 Å². The number of benzene rings is 1. The van der Waals surface area contributed by atoms with Gasteiger partial charge < -0.3 is 25.0 Å². The van der Waals surface area contributed by atoms with Crippen LogP contribution >= 0.6 is 0 Å². The van der Waals surface area contributed by atoms with Crippen molar-refractivity contribution in [3.05, 3.63) is 54.4 Å². The Morgan fingerprint density at radius 1 is 1.14 bits per heavy atom. The van der Waals surface area contributed by atoms with Gasteiger partial charge in [0.25, 0.3) is 5.91 Å². The van der Waals surface area contributed by atoms with E-state index < -0.39 is 18.6 Å². The first-order valence-corrected chi connectivity index (χ1v) is 9.12. The maximum Gasteiger partial charge on any atom is 0.252 e. The average molecular weight is 384 g/mol. The van der Waals surface area contributed by atoms with Crippen LogP contribution in [0.1, 0.15) is 10.4 Å². The molecule has 0 radical (unpaired) electrons. The van der Waals surface area contributed by atoms with Crippen molar-refractivity contribution in [3.8, 4) is 5.75 Å². The van der Waals surface area contributed by atoms with Crippen LogP contribution in [-0.2, 0) is 4.79 Å². The van der Waals surface area contributed by atoms with Crippen molar-refractivity contribution in [1.29, 1.82) is 0 Å². The summed E-state index contributed by atoms with van der Waals surface area (Å²) in [6, 6.07) is 9.90. The molecule has 2 amide bonds. The predicted octanol–water partition coefficient (Wildman–Crippen LogP) is 0.530. The van der Waals surface area contributed by atoms with Crippen molar-refractivity contribution in [2.45, 2.75) is 6.04 Å². The number of hydrogen-bond acceptors (Lipinski definition) is 6. The largest absolute Gasteiger partial charge is 0.495 e. The van der Waals surface area contributed by atoms with Crippen LogP contribution in [0.2, 0.25) is 0 Å². The number of methoxy groups -OCH3 is 1. The summed E-state index contributed by atoms with van der Waals surface area (Å²) in [5, 5.41) is 12.2. The van der Waals surface area contributed by atoms with Gasteiger partial charge in [0, 0.05) is 44.1 Å². The van der Waals surface area contributed by atoms with Crippen molar-refractivity contribution < 1.29 is 19.4 Å². The minimum atomic E-state index is -0.974. The number of piperazine rings is 1. The molecule has 2 aromatic rings. The van der Waals surface area contributed by atoms with Crippen molar-refractivity contribution in [2.75, 3.05) is 44.8 Å². The number of amides is 2. The second-order valence-electron chi connectivity index (χ2n) is 6.43. The second kappa shape index (κ2) is 9.18. The van der Waals surface area contributed by atoms with Gasteiger partial charge >= 0.3 is 0 Å². The molecule has 8 heteroatoms. The van der Waals surface area contributed by atoms with Gasteiger partial charge in [-0.1, -0.05) is 12.1 Å². The lowest BCUT2D eigenvalue weighted by molar-refractivity contribution is -0.134. The van der Waals surface area contributed by atoms with Crippen LogP contribution in [0.3, 0.4) is 0 Å². The lowest BCUT2D eigenvalue weighted by Crippen LogP contribution is -2.56. The maximum atomic E-state index is 12.8. The first-order valence-electron chi connectivity index (χ1n) is 9.12. The van der Waals surface area contributed by atoms with Crippen LogP contribution in [0.5, 0.6) is 5.75 Å². The highest BCUT2D eigenvalue weighted by Gasteiger charge is 2.29. The van der Waals surface area contributed by atoms with Gasteiger partial charge in [-0.3, -0.25) is 14.6 Å². The van der Waals surface area contributed by atoms with Gasteiger partial charge in [0.15, 0.2) is 0 Å². The Bertz CT molecular complexity index is 807. The number of carbonyl (C=O) groups is 2. The number of carbonyl (C=O) groups excluding carboxylic acids is 2. The van der Waals surface area contributed by atoms with Gasteiger partial charge in [0.2, 0.25) is 5.91 Å². The summed E-state index contributed by atoms with van der Waals surface area (Å²) in [6.45, 7) is 1.82. The third-order valence-electron chi connectivity index (χ3n) is 4.75. The molecular weight excluding hydrogens is 360 g/mol.